The zero-order valence-corrected chi connectivity index (χ0v) is 21.4. The number of carbonyl (C=O) groups excluding carboxylic acids is 2. The first-order chi connectivity index (χ1) is 17.9. The number of hydrogen-bond donors (Lipinski definition) is 0. The van der Waals surface area contributed by atoms with Gasteiger partial charge in [-0.2, -0.15) is 5.10 Å². The highest BCUT2D eigenvalue weighted by Crippen LogP contribution is 2.48. The van der Waals surface area contributed by atoms with E-state index >= 15 is 0 Å². The van der Waals surface area contributed by atoms with Crippen molar-refractivity contribution in [2.24, 2.45) is 5.10 Å². The van der Waals surface area contributed by atoms with Crippen LogP contribution in [0.1, 0.15) is 25.3 Å². The van der Waals surface area contributed by atoms with Crippen LogP contribution in [0.15, 0.2) is 53.6 Å². The summed E-state index contributed by atoms with van der Waals surface area (Å²) in [5.41, 5.74) is 1.35. The molecule has 1 fully saturated rings. The van der Waals surface area contributed by atoms with E-state index in [4.69, 9.17) is 14.6 Å². The van der Waals surface area contributed by atoms with E-state index in [1.807, 2.05) is 35.2 Å². The average Bonchev–Trinajstić information content (AvgIpc) is 3.26. The van der Waals surface area contributed by atoms with Crippen molar-refractivity contribution in [3.05, 3.63) is 59.9 Å². The van der Waals surface area contributed by atoms with Gasteiger partial charge in [-0.1, -0.05) is 30.3 Å². The molecule has 9 heteroatoms. The van der Waals surface area contributed by atoms with E-state index < -0.39 is 5.41 Å². The lowest BCUT2D eigenvalue weighted by molar-refractivity contribution is -0.136. The maximum Gasteiger partial charge on any atom is 0.248 e. The van der Waals surface area contributed by atoms with Crippen LogP contribution < -0.4 is 9.75 Å². The predicted octanol–water partition coefficient (Wildman–Crippen LogP) is 2.86. The summed E-state index contributed by atoms with van der Waals surface area (Å²) in [6.45, 7) is 5.80. The largest absolute Gasteiger partial charge is 0.489 e. The summed E-state index contributed by atoms with van der Waals surface area (Å²) >= 11 is 0. The van der Waals surface area contributed by atoms with Crippen LogP contribution in [-0.2, 0) is 19.7 Å². The Balaban J connectivity index is 1.39. The molecule has 0 aromatic heterocycles. The standard InChI is InChI=1S/C28H33FN4O4/c1-20(34)27-28(21-7-4-3-5-8-21,11-6-12-31-13-15-32(16-14-31)26(35)19-36-2)25-18-37-24-10-9-22(29)17-23(24)33(25)30-27/h3-5,7-10,17,25H,6,11-16,18-19H2,1-2H3/t25?,28-/m1/s1. The molecule has 3 aliphatic rings. The van der Waals surface area contributed by atoms with Crippen molar-refractivity contribution in [1.29, 1.82) is 0 Å². The van der Waals surface area contributed by atoms with Crippen LogP contribution in [0, 0.1) is 5.82 Å². The molecule has 3 aliphatic heterocycles. The molecule has 0 aliphatic carbocycles. The molecule has 0 N–H and O–H groups in total. The Bertz CT molecular complexity index is 1180. The second-order valence-electron chi connectivity index (χ2n) is 9.88. The van der Waals surface area contributed by atoms with Crippen LogP contribution in [0.25, 0.3) is 0 Å². The molecule has 196 valence electrons. The van der Waals surface area contributed by atoms with E-state index in [2.05, 4.69) is 4.90 Å². The number of ether oxygens (including phenoxy) is 2. The minimum absolute atomic E-state index is 0.0209. The number of methoxy groups -OCH3 is 1. The third-order valence-corrected chi connectivity index (χ3v) is 7.72. The molecule has 2 aromatic rings. The number of halogens is 1. The van der Waals surface area contributed by atoms with Gasteiger partial charge in [0, 0.05) is 46.3 Å². The average molecular weight is 509 g/mol. The molecule has 37 heavy (non-hydrogen) atoms. The van der Waals surface area contributed by atoms with Crippen molar-refractivity contribution in [3.8, 4) is 5.75 Å². The van der Waals surface area contributed by atoms with Gasteiger partial charge in [0.2, 0.25) is 5.91 Å². The fourth-order valence-corrected chi connectivity index (χ4v) is 5.92. The van der Waals surface area contributed by atoms with Crippen molar-refractivity contribution in [3.63, 3.8) is 0 Å². The third kappa shape index (κ3) is 4.73. The molecule has 0 spiro atoms. The van der Waals surface area contributed by atoms with Crippen LogP contribution in [-0.4, -0.2) is 86.3 Å². The molecule has 1 amide bonds. The Morgan fingerprint density at radius 3 is 2.59 bits per heavy atom. The van der Waals surface area contributed by atoms with Crippen LogP contribution in [0.4, 0.5) is 10.1 Å². The molecule has 0 radical (unpaired) electrons. The van der Waals surface area contributed by atoms with Gasteiger partial charge in [0.1, 0.15) is 42.2 Å². The van der Waals surface area contributed by atoms with Crippen molar-refractivity contribution in [2.75, 3.05) is 58.1 Å². The molecule has 0 saturated carbocycles. The van der Waals surface area contributed by atoms with Gasteiger partial charge < -0.3 is 14.4 Å². The molecule has 3 heterocycles. The highest BCUT2D eigenvalue weighted by molar-refractivity contribution is 6.43. The zero-order chi connectivity index (χ0) is 26.0. The van der Waals surface area contributed by atoms with Crippen LogP contribution in [0.3, 0.4) is 0 Å². The second kappa shape index (κ2) is 10.6. The molecule has 2 atom stereocenters. The molecular formula is C28H33FN4O4. The van der Waals surface area contributed by atoms with Crippen LogP contribution >= 0.6 is 0 Å². The highest BCUT2D eigenvalue weighted by atomic mass is 19.1. The van der Waals surface area contributed by atoms with Gasteiger partial charge in [-0.25, -0.2) is 4.39 Å². The molecule has 5 rings (SSSR count). The lowest BCUT2D eigenvalue weighted by atomic mass is 9.67. The molecular weight excluding hydrogens is 475 g/mol. The van der Waals surface area contributed by atoms with E-state index in [1.165, 1.54) is 19.2 Å². The number of anilines is 1. The van der Waals surface area contributed by atoms with Crippen molar-refractivity contribution in [1.82, 2.24) is 9.80 Å². The lowest BCUT2D eigenvalue weighted by Crippen LogP contribution is -2.54. The number of fused-ring (bicyclic) bond motifs is 3. The Hall–Kier alpha value is -3.30. The highest BCUT2D eigenvalue weighted by Gasteiger charge is 2.55. The van der Waals surface area contributed by atoms with E-state index in [1.54, 1.807) is 18.0 Å². The van der Waals surface area contributed by atoms with Gasteiger partial charge in [0.05, 0.1) is 5.41 Å². The Labute approximate surface area is 216 Å². The molecule has 0 bridgehead atoms. The summed E-state index contributed by atoms with van der Waals surface area (Å²) in [4.78, 5) is 29.4. The first-order valence-corrected chi connectivity index (χ1v) is 12.8. The number of hydrogen-bond acceptors (Lipinski definition) is 7. The van der Waals surface area contributed by atoms with Gasteiger partial charge in [0.25, 0.3) is 0 Å². The molecule has 8 nitrogen and oxygen atoms in total. The summed E-state index contributed by atoms with van der Waals surface area (Å²) in [5.74, 6) is 0.117. The van der Waals surface area contributed by atoms with Gasteiger partial charge in [-0.3, -0.25) is 19.5 Å². The monoisotopic (exact) mass is 508 g/mol. The fraction of sp³-hybridized carbons (Fsp3) is 0.464. The maximum atomic E-state index is 14.2. The van der Waals surface area contributed by atoms with Crippen molar-refractivity contribution in [2.45, 2.75) is 31.2 Å². The quantitative estimate of drug-likeness (QED) is 0.546. The number of piperazine rings is 1. The van der Waals surface area contributed by atoms with Crippen molar-refractivity contribution < 1.29 is 23.5 Å². The Kier molecular flexibility index (Phi) is 7.26. The van der Waals surface area contributed by atoms with E-state index in [-0.39, 0.29) is 30.2 Å². The van der Waals surface area contributed by atoms with Crippen LogP contribution in [0.2, 0.25) is 0 Å². The zero-order valence-electron chi connectivity index (χ0n) is 21.4. The summed E-state index contributed by atoms with van der Waals surface area (Å²) < 4.78 is 25.3. The SMILES string of the molecule is COCC(=O)N1CCN(CCC[C@]2(c3ccccc3)C(C(C)=O)=NN3c4cc(F)ccc4OCC32)CC1. The lowest BCUT2D eigenvalue weighted by Gasteiger charge is -2.42. The summed E-state index contributed by atoms with van der Waals surface area (Å²) in [6, 6.07) is 14.1. The number of carbonyl (C=O) groups is 2. The number of rotatable bonds is 8. The topological polar surface area (TPSA) is 74.7 Å². The summed E-state index contributed by atoms with van der Waals surface area (Å²) in [5, 5.41) is 6.62. The van der Waals surface area contributed by atoms with Gasteiger partial charge in [-0.05, 0) is 37.1 Å². The minimum Gasteiger partial charge on any atom is -0.489 e. The fourth-order valence-electron chi connectivity index (χ4n) is 5.92. The molecule has 1 unspecified atom stereocenters. The number of hydrazone groups is 1. The number of benzene rings is 2. The van der Waals surface area contributed by atoms with E-state index in [0.717, 1.165) is 31.6 Å². The predicted molar refractivity (Wildman–Crippen MR) is 139 cm³/mol. The smallest absolute Gasteiger partial charge is 0.248 e. The summed E-state index contributed by atoms with van der Waals surface area (Å²) in [6.07, 6.45) is 1.51. The maximum absolute atomic E-state index is 14.2. The van der Waals surface area contributed by atoms with Gasteiger partial charge >= 0.3 is 0 Å². The van der Waals surface area contributed by atoms with Gasteiger partial charge in [-0.15, -0.1) is 0 Å². The van der Waals surface area contributed by atoms with E-state index in [9.17, 15) is 14.0 Å². The molecule has 1 saturated heterocycles. The summed E-state index contributed by atoms with van der Waals surface area (Å²) in [7, 11) is 1.53. The number of ketones is 1. The number of amides is 1. The third-order valence-electron chi connectivity index (χ3n) is 7.72. The van der Waals surface area contributed by atoms with Crippen molar-refractivity contribution >= 4 is 23.1 Å². The normalized spacial score (nSPS) is 23.2. The first kappa shape index (κ1) is 25.4. The minimum atomic E-state index is -0.687. The van der Waals surface area contributed by atoms with E-state index in [0.29, 0.717) is 43.3 Å². The number of nitrogens with zero attached hydrogens (tertiary/aromatic N) is 4. The number of Topliss-reactive ketones (excluding diaryl/α,β-unsaturated/α-hetero) is 1. The first-order valence-electron chi connectivity index (χ1n) is 12.8. The van der Waals surface area contributed by atoms with Crippen LogP contribution in [0.5, 0.6) is 5.75 Å². The van der Waals surface area contributed by atoms with Gasteiger partial charge in [0.15, 0.2) is 5.78 Å². The Morgan fingerprint density at radius 2 is 1.89 bits per heavy atom. The second-order valence-corrected chi connectivity index (χ2v) is 9.88. The molecule has 2 aromatic carbocycles. The Morgan fingerprint density at radius 1 is 1.14 bits per heavy atom.